The van der Waals surface area contributed by atoms with Crippen molar-refractivity contribution in [1.82, 2.24) is 0 Å². The summed E-state index contributed by atoms with van der Waals surface area (Å²) in [7, 11) is 4.24. The van der Waals surface area contributed by atoms with Crippen LogP contribution >= 0.6 is 23.4 Å². The Morgan fingerprint density at radius 1 is 1.13 bits per heavy atom. The van der Waals surface area contributed by atoms with Crippen LogP contribution in [0.15, 0.2) is 52.3 Å². The summed E-state index contributed by atoms with van der Waals surface area (Å²) in [4.78, 5) is 16.6. The van der Waals surface area contributed by atoms with Gasteiger partial charge in [-0.1, -0.05) is 41.6 Å². The highest BCUT2D eigenvalue weighted by Gasteiger charge is 2.30. The van der Waals surface area contributed by atoms with Crippen molar-refractivity contribution in [3.05, 3.63) is 58.6 Å². The van der Waals surface area contributed by atoms with Crippen LogP contribution in [0.4, 0.5) is 0 Å². The highest BCUT2D eigenvalue weighted by molar-refractivity contribution is 7.99. The van der Waals surface area contributed by atoms with Gasteiger partial charge in [-0.15, -0.1) is 0 Å². The van der Waals surface area contributed by atoms with Crippen LogP contribution in [0.2, 0.25) is 5.02 Å². The number of hydrogen-bond acceptors (Lipinski definition) is 2. The molecule has 0 bridgehead atoms. The molecule has 1 N–H and O–H groups in total. The van der Waals surface area contributed by atoms with Crippen molar-refractivity contribution in [2.75, 3.05) is 20.6 Å². The van der Waals surface area contributed by atoms with E-state index in [1.54, 1.807) is 11.8 Å². The minimum atomic E-state index is -0.0849. The highest BCUT2D eigenvalue weighted by atomic mass is 35.5. The summed E-state index contributed by atoms with van der Waals surface area (Å²) in [6.45, 7) is 0.964. The number of carbonyl (C=O) groups is 1. The largest absolute Gasteiger partial charge is 1.00 e. The molecule has 0 saturated carbocycles. The molecule has 0 spiro atoms. The lowest BCUT2D eigenvalue weighted by molar-refractivity contribution is -0.858. The molecule has 2 aromatic rings. The molecule has 0 saturated heterocycles. The van der Waals surface area contributed by atoms with Gasteiger partial charge in [-0.3, -0.25) is 4.79 Å². The van der Waals surface area contributed by atoms with Gasteiger partial charge in [-0.2, -0.15) is 0 Å². The number of Topliss-reactive ketones (excluding diaryl/α,β-unsaturated/α-hetero) is 1. The molecule has 1 aliphatic rings. The third-order valence-corrected chi connectivity index (χ3v) is 5.37. The predicted molar refractivity (Wildman–Crippen MR) is 91.4 cm³/mol. The number of ketones is 1. The predicted octanol–water partition coefficient (Wildman–Crippen LogP) is 0.310. The van der Waals surface area contributed by atoms with Gasteiger partial charge >= 0.3 is 0 Å². The molecule has 2 aromatic carbocycles. The molecular weight excluding hydrogens is 349 g/mol. The second kappa shape index (κ2) is 7.71. The van der Waals surface area contributed by atoms with Gasteiger partial charge in [-0.25, -0.2) is 0 Å². The van der Waals surface area contributed by atoms with E-state index in [4.69, 9.17) is 11.6 Å². The highest BCUT2D eigenvalue weighted by Crippen LogP contribution is 2.43. The fourth-order valence-electron chi connectivity index (χ4n) is 2.81. The number of fused-ring (bicyclic) bond motifs is 2. The van der Waals surface area contributed by atoms with E-state index < -0.39 is 0 Å². The van der Waals surface area contributed by atoms with Crippen molar-refractivity contribution >= 4 is 29.1 Å². The summed E-state index contributed by atoms with van der Waals surface area (Å²) in [5.41, 5.74) is 1.90. The lowest BCUT2D eigenvalue weighted by Crippen LogP contribution is -3.05. The Kier molecular flexibility index (Phi) is 6.15. The number of hydrogen-bond donors (Lipinski definition) is 1. The minimum Gasteiger partial charge on any atom is -1.00 e. The Balaban J connectivity index is 0.00000192. The molecule has 2 nitrogen and oxygen atoms in total. The molecule has 122 valence electrons. The van der Waals surface area contributed by atoms with Crippen molar-refractivity contribution in [2.45, 2.75) is 22.1 Å². The van der Waals surface area contributed by atoms with Crippen LogP contribution in [0.5, 0.6) is 0 Å². The number of benzene rings is 2. The fraction of sp³-hybridized carbons (Fsp3) is 0.278. The quantitative estimate of drug-likeness (QED) is 0.842. The monoisotopic (exact) mass is 367 g/mol. The zero-order valence-electron chi connectivity index (χ0n) is 13.1. The first-order valence-corrected chi connectivity index (χ1v) is 8.65. The van der Waals surface area contributed by atoms with E-state index in [-0.39, 0.29) is 24.1 Å². The van der Waals surface area contributed by atoms with E-state index in [1.807, 2.05) is 30.3 Å². The molecule has 1 heterocycles. The molecule has 1 atom stereocenters. The van der Waals surface area contributed by atoms with Crippen LogP contribution in [0.3, 0.4) is 0 Å². The molecule has 23 heavy (non-hydrogen) atoms. The Bertz CT molecular complexity index is 718. The SMILES string of the molecule is C[NH+](C)CCC1C(=O)c2cc(Cl)ccc2Sc2ccccc21.[Cl-]. The molecule has 1 unspecified atom stereocenters. The first-order valence-electron chi connectivity index (χ1n) is 7.46. The van der Waals surface area contributed by atoms with E-state index >= 15 is 0 Å². The zero-order valence-corrected chi connectivity index (χ0v) is 15.4. The molecule has 0 aromatic heterocycles. The summed E-state index contributed by atoms with van der Waals surface area (Å²) in [5.74, 6) is 0.106. The number of halogens is 2. The standard InChI is InChI=1S/C18H18ClNOS.ClH/c1-20(2)10-9-14-13-5-3-4-6-16(13)22-17-8-7-12(19)11-15(17)18(14)21;/h3-8,11,14H,9-10H2,1-2H3;1H. The van der Waals surface area contributed by atoms with E-state index in [9.17, 15) is 4.79 Å². The molecule has 0 amide bonds. The smallest absolute Gasteiger partial charge is 0.171 e. The summed E-state index contributed by atoms with van der Waals surface area (Å²) in [6, 6.07) is 13.9. The van der Waals surface area contributed by atoms with Gasteiger partial charge in [0.05, 0.1) is 26.6 Å². The lowest BCUT2D eigenvalue weighted by atomic mass is 9.88. The van der Waals surface area contributed by atoms with Crippen LogP contribution in [0, 0.1) is 0 Å². The Hall–Kier alpha value is -1.00. The molecule has 5 heteroatoms. The maximum absolute atomic E-state index is 13.1. The van der Waals surface area contributed by atoms with E-state index in [0.29, 0.717) is 5.02 Å². The number of quaternary nitrogens is 1. The normalized spacial score (nSPS) is 16.3. The van der Waals surface area contributed by atoms with E-state index in [0.717, 1.165) is 29.0 Å². The number of nitrogens with one attached hydrogen (secondary N) is 1. The van der Waals surface area contributed by atoms with Crippen molar-refractivity contribution in [3.8, 4) is 0 Å². The van der Waals surface area contributed by atoms with Crippen LogP contribution in [-0.2, 0) is 0 Å². The van der Waals surface area contributed by atoms with E-state index in [2.05, 4.69) is 26.2 Å². The second-order valence-electron chi connectivity index (χ2n) is 5.94. The van der Waals surface area contributed by atoms with Crippen molar-refractivity contribution in [3.63, 3.8) is 0 Å². The van der Waals surface area contributed by atoms with Gasteiger partial charge in [0, 0.05) is 26.8 Å². The summed E-state index contributed by atoms with van der Waals surface area (Å²) >= 11 is 7.78. The summed E-state index contributed by atoms with van der Waals surface area (Å²) in [6.07, 6.45) is 0.852. The van der Waals surface area contributed by atoms with Gasteiger partial charge in [0.2, 0.25) is 0 Å². The Morgan fingerprint density at radius 2 is 1.87 bits per heavy atom. The molecule has 1 aliphatic heterocycles. The van der Waals surface area contributed by atoms with Gasteiger partial charge in [-0.05, 0) is 29.8 Å². The topological polar surface area (TPSA) is 21.5 Å². The van der Waals surface area contributed by atoms with Gasteiger partial charge < -0.3 is 17.3 Å². The van der Waals surface area contributed by atoms with Crippen molar-refractivity contribution in [2.24, 2.45) is 0 Å². The van der Waals surface area contributed by atoms with Crippen LogP contribution in [-0.4, -0.2) is 26.4 Å². The van der Waals surface area contributed by atoms with Gasteiger partial charge in [0.15, 0.2) is 5.78 Å². The molecule has 0 aliphatic carbocycles. The van der Waals surface area contributed by atoms with E-state index in [1.165, 1.54) is 9.80 Å². The maximum atomic E-state index is 13.1. The summed E-state index contributed by atoms with van der Waals surface area (Å²) in [5, 5.41) is 0.621. The Morgan fingerprint density at radius 3 is 2.61 bits per heavy atom. The number of rotatable bonds is 3. The Labute approximate surface area is 152 Å². The average Bonchev–Trinajstić information content (AvgIpc) is 2.60. The second-order valence-corrected chi connectivity index (χ2v) is 7.46. The fourth-order valence-corrected chi connectivity index (χ4v) is 4.10. The average molecular weight is 368 g/mol. The third-order valence-electron chi connectivity index (χ3n) is 3.97. The first kappa shape index (κ1) is 18.3. The maximum Gasteiger partial charge on any atom is 0.171 e. The van der Waals surface area contributed by atoms with Gasteiger partial charge in [0.1, 0.15) is 0 Å². The zero-order chi connectivity index (χ0) is 15.7. The minimum absolute atomic E-state index is 0. The third kappa shape index (κ3) is 3.92. The molecule has 0 radical (unpaired) electrons. The first-order chi connectivity index (χ1) is 10.6. The van der Waals surface area contributed by atoms with Crippen LogP contribution < -0.4 is 17.3 Å². The lowest BCUT2D eigenvalue weighted by Gasteiger charge is -2.17. The van der Waals surface area contributed by atoms with Gasteiger partial charge in [0.25, 0.3) is 0 Å². The number of carbonyl (C=O) groups excluding carboxylic acids is 1. The van der Waals surface area contributed by atoms with Crippen LogP contribution in [0.25, 0.3) is 0 Å². The summed E-state index contributed by atoms with van der Waals surface area (Å²) < 4.78 is 0. The molecule has 3 rings (SSSR count). The molecule has 0 fully saturated rings. The van der Waals surface area contributed by atoms with Crippen LogP contribution in [0.1, 0.15) is 28.3 Å². The van der Waals surface area contributed by atoms with Crippen molar-refractivity contribution < 1.29 is 22.1 Å². The molecular formula is C18H19Cl2NOS. The van der Waals surface area contributed by atoms with Crippen molar-refractivity contribution in [1.29, 1.82) is 0 Å².